The Morgan fingerprint density at radius 1 is 1.00 bits per heavy atom. The van der Waals surface area contributed by atoms with E-state index in [0.717, 1.165) is 28.6 Å². The highest BCUT2D eigenvalue weighted by Gasteiger charge is 2.15. The first-order chi connectivity index (χ1) is 13.7. The van der Waals surface area contributed by atoms with Gasteiger partial charge < -0.3 is 5.32 Å². The van der Waals surface area contributed by atoms with Crippen LogP contribution in [0.4, 0.5) is 5.82 Å². The van der Waals surface area contributed by atoms with Gasteiger partial charge in [-0.2, -0.15) is 5.10 Å². The van der Waals surface area contributed by atoms with E-state index in [2.05, 4.69) is 58.7 Å². The molecule has 4 aromatic rings. The van der Waals surface area contributed by atoms with E-state index < -0.39 is 0 Å². The van der Waals surface area contributed by atoms with Gasteiger partial charge in [0.2, 0.25) is 0 Å². The Balaban J connectivity index is 1.62. The molecule has 0 aliphatic carbocycles. The van der Waals surface area contributed by atoms with Gasteiger partial charge in [0.1, 0.15) is 5.82 Å². The maximum absolute atomic E-state index is 4.73. The second kappa shape index (κ2) is 8.44. The summed E-state index contributed by atoms with van der Waals surface area (Å²) in [6, 6.07) is 20.8. The van der Waals surface area contributed by atoms with Crippen molar-refractivity contribution in [3.63, 3.8) is 0 Å². The van der Waals surface area contributed by atoms with Crippen LogP contribution >= 0.6 is 11.8 Å². The second-order valence-electron chi connectivity index (χ2n) is 6.77. The highest BCUT2D eigenvalue weighted by atomic mass is 32.2. The molecule has 5 nitrogen and oxygen atoms in total. The Hall–Kier alpha value is -2.86. The van der Waals surface area contributed by atoms with Crippen molar-refractivity contribution in [1.29, 1.82) is 0 Å². The third kappa shape index (κ3) is 4.02. The van der Waals surface area contributed by atoms with Crippen molar-refractivity contribution in [2.75, 3.05) is 11.6 Å². The molecule has 0 fully saturated rings. The molecular weight excluding hydrogens is 366 g/mol. The zero-order chi connectivity index (χ0) is 19.3. The fraction of sp³-hybridized carbons (Fsp3) is 0.227. The molecule has 0 aliphatic heterocycles. The van der Waals surface area contributed by atoms with Gasteiger partial charge in [0.25, 0.3) is 0 Å². The van der Waals surface area contributed by atoms with Crippen LogP contribution in [0, 0.1) is 0 Å². The molecule has 0 amide bonds. The lowest BCUT2D eigenvalue weighted by Gasteiger charge is -2.13. The maximum Gasteiger partial charge on any atom is 0.191 e. The van der Waals surface area contributed by atoms with Gasteiger partial charge in [0, 0.05) is 19.0 Å². The molecule has 142 valence electrons. The molecule has 0 saturated carbocycles. The van der Waals surface area contributed by atoms with Crippen molar-refractivity contribution in [3.05, 3.63) is 78.0 Å². The van der Waals surface area contributed by atoms with Gasteiger partial charge >= 0.3 is 0 Å². The van der Waals surface area contributed by atoms with E-state index >= 15 is 0 Å². The van der Waals surface area contributed by atoms with Crippen molar-refractivity contribution in [1.82, 2.24) is 19.7 Å². The smallest absolute Gasteiger partial charge is 0.191 e. The van der Waals surface area contributed by atoms with E-state index in [-0.39, 0.29) is 0 Å². The summed E-state index contributed by atoms with van der Waals surface area (Å²) in [5, 5.41) is 9.78. The monoisotopic (exact) mass is 389 g/mol. The summed E-state index contributed by atoms with van der Waals surface area (Å²) in [7, 11) is 0. The molecular formula is C22H23N5S. The molecule has 28 heavy (non-hydrogen) atoms. The van der Waals surface area contributed by atoms with Crippen LogP contribution in [-0.2, 0) is 13.1 Å². The summed E-state index contributed by atoms with van der Waals surface area (Å²) in [4.78, 5) is 9.40. The minimum absolute atomic E-state index is 0.345. The second-order valence-corrected chi connectivity index (χ2v) is 7.55. The number of nitrogens with one attached hydrogen (secondary N) is 1. The van der Waals surface area contributed by atoms with Crippen molar-refractivity contribution >= 4 is 28.6 Å². The van der Waals surface area contributed by atoms with Crippen LogP contribution in [0.2, 0.25) is 0 Å². The summed E-state index contributed by atoms with van der Waals surface area (Å²) in [6.45, 7) is 3.71. The van der Waals surface area contributed by atoms with Crippen LogP contribution in [0.5, 0.6) is 0 Å². The summed E-state index contributed by atoms with van der Waals surface area (Å²) in [5.41, 5.74) is 3.38. The van der Waals surface area contributed by atoms with Gasteiger partial charge in [-0.3, -0.25) is 0 Å². The fourth-order valence-corrected chi connectivity index (χ4v) is 3.58. The van der Waals surface area contributed by atoms with Gasteiger partial charge in [0.05, 0.1) is 11.6 Å². The molecule has 2 heterocycles. The number of rotatable bonds is 7. The van der Waals surface area contributed by atoms with Gasteiger partial charge in [-0.05, 0) is 17.4 Å². The summed E-state index contributed by atoms with van der Waals surface area (Å²) in [6.07, 6.45) is 3.86. The largest absolute Gasteiger partial charge is 0.365 e. The van der Waals surface area contributed by atoms with E-state index in [9.17, 15) is 0 Å². The van der Waals surface area contributed by atoms with Crippen LogP contribution in [0.25, 0.3) is 11.0 Å². The number of thioether (sulfide) groups is 1. The minimum atomic E-state index is 0.345. The molecule has 0 bridgehead atoms. The number of nitrogens with zero attached hydrogens (tertiary/aromatic N) is 4. The van der Waals surface area contributed by atoms with Gasteiger partial charge in [-0.1, -0.05) is 79.3 Å². The third-order valence-electron chi connectivity index (χ3n) is 4.78. The third-order valence-corrected chi connectivity index (χ3v) is 5.32. The average molecular weight is 390 g/mol. The molecule has 1 N–H and O–H groups in total. The van der Waals surface area contributed by atoms with Crippen molar-refractivity contribution in [2.45, 2.75) is 31.1 Å². The maximum atomic E-state index is 4.73. The predicted octanol–water partition coefficient (Wildman–Crippen LogP) is 4.96. The van der Waals surface area contributed by atoms with Gasteiger partial charge in [-0.15, -0.1) is 0 Å². The SMILES string of the molecule is CSc1nc(NCc2ccccc2)c2cnn(CC(C)c3ccccc3)c2n1. The Labute approximate surface area is 169 Å². The molecule has 1 unspecified atom stereocenters. The molecule has 0 saturated heterocycles. The molecule has 1 atom stereocenters. The van der Waals surface area contributed by atoms with Gasteiger partial charge in [-0.25, -0.2) is 14.6 Å². The first-order valence-electron chi connectivity index (χ1n) is 9.35. The number of benzene rings is 2. The zero-order valence-electron chi connectivity index (χ0n) is 16.0. The summed E-state index contributed by atoms with van der Waals surface area (Å²) < 4.78 is 1.99. The van der Waals surface area contributed by atoms with Crippen LogP contribution in [0.1, 0.15) is 24.0 Å². The van der Waals surface area contributed by atoms with Crippen LogP contribution in [-0.4, -0.2) is 26.0 Å². The highest BCUT2D eigenvalue weighted by molar-refractivity contribution is 7.98. The highest BCUT2D eigenvalue weighted by Crippen LogP contribution is 2.26. The minimum Gasteiger partial charge on any atom is -0.365 e. The van der Waals surface area contributed by atoms with Crippen LogP contribution in [0.3, 0.4) is 0 Å². The molecule has 0 aliphatic rings. The Morgan fingerprint density at radius 2 is 1.71 bits per heavy atom. The standard InChI is InChI=1S/C22H23N5S/c1-16(18-11-7-4-8-12-18)15-27-21-19(14-24-27)20(25-22(26-21)28-2)23-13-17-9-5-3-6-10-17/h3-12,14,16H,13,15H2,1-2H3,(H,23,25,26). The van der Waals surface area contributed by atoms with Crippen molar-refractivity contribution < 1.29 is 0 Å². The summed E-state index contributed by atoms with van der Waals surface area (Å²) in [5.74, 6) is 1.18. The molecule has 0 radical (unpaired) electrons. The van der Waals surface area contributed by atoms with Crippen LogP contribution < -0.4 is 5.32 Å². The Bertz CT molecular complexity index is 1050. The average Bonchev–Trinajstić information content (AvgIpc) is 3.16. The number of fused-ring (bicyclic) bond motifs is 1. The topological polar surface area (TPSA) is 55.6 Å². The molecule has 2 aromatic carbocycles. The lowest BCUT2D eigenvalue weighted by Crippen LogP contribution is -2.09. The Kier molecular flexibility index (Phi) is 5.58. The number of anilines is 1. The zero-order valence-corrected chi connectivity index (χ0v) is 16.9. The van der Waals surface area contributed by atoms with E-state index in [1.165, 1.54) is 11.1 Å². The first kappa shape index (κ1) is 18.5. The predicted molar refractivity (Wildman–Crippen MR) is 116 cm³/mol. The normalized spacial score (nSPS) is 12.2. The van der Waals surface area contributed by atoms with Gasteiger partial charge in [0.15, 0.2) is 10.8 Å². The number of hydrogen-bond acceptors (Lipinski definition) is 5. The molecule has 6 heteroatoms. The lowest BCUT2D eigenvalue weighted by molar-refractivity contribution is 0.553. The first-order valence-corrected chi connectivity index (χ1v) is 10.6. The molecule has 4 rings (SSSR count). The van der Waals surface area contributed by atoms with E-state index in [1.807, 2.05) is 41.4 Å². The van der Waals surface area contributed by atoms with Crippen molar-refractivity contribution in [3.8, 4) is 0 Å². The summed E-state index contributed by atoms with van der Waals surface area (Å²) >= 11 is 1.54. The Morgan fingerprint density at radius 3 is 2.43 bits per heavy atom. The quantitative estimate of drug-likeness (QED) is 0.357. The number of hydrogen-bond donors (Lipinski definition) is 1. The van der Waals surface area contributed by atoms with E-state index in [4.69, 9.17) is 4.98 Å². The molecule has 2 aromatic heterocycles. The lowest BCUT2D eigenvalue weighted by atomic mass is 10.0. The van der Waals surface area contributed by atoms with Crippen molar-refractivity contribution in [2.24, 2.45) is 0 Å². The van der Waals surface area contributed by atoms with E-state index in [1.54, 1.807) is 11.8 Å². The number of aromatic nitrogens is 4. The fourth-order valence-electron chi connectivity index (χ4n) is 3.22. The van der Waals surface area contributed by atoms with Crippen LogP contribution in [0.15, 0.2) is 72.0 Å². The van der Waals surface area contributed by atoms with E-state index in [0.29, 0.717) is 12.5 Å². The molecule has 0 spiro atoms.